The van der Waals surface area contributed by atoms with E-state index in [9.17, 15) is 19.2 Å². The topological polar surface area (TPSA) is 102 Å². The van der Waals surface area contributed by atoms with Gasteiger partial charge in [-0.3, -0.25) is 14.4 Å². The molecule has 0 heterocycles. The number of amides is 2. The first-order chi connectivity index (χ1) is 16.5. The Bertz CT molecular complexity index is 969. The highest BCUT2D eigenvalue weighted by Crippen LogP contribution is 2.25. The van der Waals surface area contributed by atoms with E-state index < -0.39 is 11.7 Å². The molecule has 2 aromatic rings. The van der Waals surface area contributed by atoms with Crippen molar-refractivity contribution in [2.24, 2.45) is 0 Å². The fourth-order valence-corrected chi connectivity index (χ4v) is 3.21. The van der Waals surface area contributed by atoms with E-state index in [0.29, 0.717) is 37.0 Å². The lowest BCUT2D eigenvalue weighted by Gasteiger charge is -2.29. The monoisotopic (exact) mass is 484 g/mol. The summed E-state index contributed by atoms with van der Waals surface area (Å²) >= 11 is 0. The van der Waals surface area contributed by atoms with Gasteiger partial charge in [0.1, 0.15) is 5.60 Å². The minimum absolute atomic E-state index is 0.211. The molecule has 1 atom stereocenters. The number of esters is 1. The van der Waals surface area contributed by atoms with E-state index in [-0.39, 0.29) is 17.9 Å². The fraction of sp³-hybridized carbons (Fsp3) is 0.407. The Morgan fingerprint density at radius 1 is 1.03 bits per heavy atom. The molecule has 0 aliphatic heterocycles. The minimum atomic E-state index is -0.575. The van der Waals surface area contributed by atoms with E-state index in [1.807, 2.05) is 30.3 Å². The summed E-state index contributed by atoms with van der Waals surface area (Å²) in [4.78, 5) is 47.8. The van der Waals surface area contributed by atoms with Crippen LogP contribution in [0.2, 0.25) is 0 Å². The zero-order chi connectivity index (χ0) is 26.4. The van der Waals surface area contributed by atoms with Crippen molar-refractivity contribution in [3.8, 4) is 0 Å². The van der Waals surface area contributed by atoms with Gasteiger partial charge in [-0.2, -0.15) is 0 Å². The average molecular weight is 485 g/mol. The summed E-state index contributed by atoms with van der Waals surface area (Å²) in [5.41, 5.74) is 1.07. The Morgan fingerprint density at radius 3 is 2.14 bits per heavy atom. The van der Waals surface area contributed by atoms with Crippen LogP contribution in [0.15, 0.2) is 54.6 Å². The summed E-state index contributed by atoms with van der Waals surface area (Å²) in [7, 11) is 1.70. The molecule has 190 valence electrons. The molecule has 8 nitrogen and oxygen atoms in total. The molecule has 2 amide bonds. The number of nitrogens with one attached hydrogen (secondary N) is 1. The standard InChI is InChI=1S/C23H28N2O4.C4H8O2/c1-23(2,3)29-22(28)24-15-14-20(17-10-6-5-7-11-17)25(4)21(27)19-13-9-8-12-18(19)16-26;1-3-6-4(2)5/h5-13,16,20H,14-15H2,1-4H3,(H,24,28);3H2,1-2H3. The third-order valence-corrected chi connectivity index (χ3v) is 4.72. The van der Waals surface area contributed by atoms with E-state index in [0.717, 1.165) is 5.56 Å². The van der Waals surface area contributed by atoms with Crippen LogP contribution in [0, 0.1) is 0 Å². The first-order valence-electron chi connectivity index (χ1n) is 11.5. The maximum atomic E-state index is 13.1. The molecular formula is C27H36N2O6. The smallest absolute Gasteiger partial charge is 0.407 e. The molecular weight excluding hydrogens is 448 g/mol. The number of alkyl carbamates (subject to hydrolysis) is 1. The summed E-state index contributed by atoms with van der Waals surface area (Å²) < 4.78 is 9.67. The lowest BCUT2D eigenvalue weighted by molar-refractivity contribution is -0.140. The Labute approximate surface area is 207 Å². The third-order valence-electron chi connectivity index (χ3n) is 4.72. The van der Waals surface area contributed by atoms with Gasteiger partial charge in [-0.1, -0.05) is 48.5 Å². The van der Waals surface area contributed by atoms with Gasteiger partial charge in [-0.15, -0.1) is 0 Å². The number of nitrogens with zero attached hydrogens (tertiary/aromatic N) is 1. The van der Waals surface area contributed by atoms with Crippen molar-refractivity contribution in [1.29, 1.82) is 0 Å². The van der Waals surface area contributed by atoms with E-state index in [2.05, 4.69) is 10.1 Å². The van der Waals surface area contributed by atoms with Gasteiger partial charge in [0.05, 0.1) is 18.2 Å². The highest BCUT2D eigenvalue weighted by molar-refractivity contribution is 6.01. The molecule has 0 aliphatic carbocycles. The molecule has 0 fully saturated rings. The molecule has 0 aliphatic rings. The van der Waals surface area contributed by atoms with Gasteiger partial charge in [0.2, 0.25) is 0 Å². The second kappa shape index (κ2) is 14.6. The van der Waals surface area contributed by atoms with Crippen molar-refractivity contribution in [1.82, 2.24) is 10.2 Å². The number of aldehydes is 1. The molecule has 0 radical (unpaired) electrons. The van der Waals surface area contributed by atoms with Crippen LogP contribution in [0.5, 0.6) is 0 Å². The van der Waals surface area contributed by atoms with Crippen molar-refractivity contribution in [2.45, 2.75) is 52.7 Å². The second-order valence-electron chi connectivity index (χ2n) is 8.69. The molecule has 35 heavy (non-hydrogen) atoms. The predicted octanol–water partition coefficient (Wildman–Crippen LogP) is 4.80. The van der Waals surface area contributed by atoms with Gasteiger partial charge in [0.25, 0.3) is 5.91 Å². The first kappa shape index (κ1) is 29.4. The molecule has 1 unspecified atom stereocenters. The summed E-state index contributed by atoms with van der Waals surface area (Å²) in [6, 6.07) is 16.0. The molecule has 0 saturated carbocycles. The summed E-state index contributed by atoms with van der Waals surface area (Å²) in [6.07, 6.45) is 0.682. The predicted molar refractivity (Wildman–Crippen MR) is 134 cm³/mol. The third kappa shape index (κ3) is 10.9. The van der Waals surface area contributed by atoms with Gasteiger partial charge in [0, 0.05) is 26.1 Å². The fourth-order valence-electron chi connectivity index (χ4n) is 3.21. The Kier molecular flexibility index (Phi) is 12.2. The zero-order valence-corrected chi connectivity index (χ0v) is 21.4. The minimum Gasteiger partial charge on any atom is -0.466 e. The highest BCUT2D eigenvalue weighted by atomic mass is 16.6. The summed E-state index contributed by atoms with van der Waals surface area (Å²) in [6.45, 7) is 9.39. The van der Waals surface area contributed by atoms with Crippen LogP contribution in [-0.4, -0.2) is 55.0 Å². The van der Waals surface area contributed by atoms with Gasteiger partial charge in [-0.25, -0.2) is 4.79 Å². The molecule has 0 saturated heterocycles. The SMILES string of the molecule is CCOC(C)=O.CN(C(=O)c1ccccc1C=O)C(CCNC(=O)OC(C)(C)C)c1ccccc1. The Hall–Kier alpha value is -3.68. The average Bonchev–Trinajstić information content (AvgIpc) is 2.80. The van der Waals surface area contributed by atoms with E-state index in [4.69, 9.17) is 4.74 Å². The van der Waals surface area contributed by atoms with Crippen LogP contribution in [0.25, 0.3) is 0 Å². The number of carbonyl (C=O) groups is 4. The lowest BCUT2D eigenvalue weighted by atomic mass is 10.00. The van der Waals surface area contributed by atoms with Gasteiger partial charge >= 0.3 is 12.1 Å². The zero-order valence-electron chi connectivity index (χ0n) is 21.4. The quantitative estimate of drug-likeness (QED) is 0.427. The van der Waals surface area contributed by atoms with Crippen LogP contribution < -0.4 is 5.32 Å². The van der Waals surface area contributed by atoms with E-state index in [1.165, 1.54) is 6.92 Å². The van der Waals surface area contributed by atoms with Crippen LogP contribution in [0.1, 0.15) is 73.4 Å². The Morgan fingerprint density at radius 2 is 1.63 bits per heavy atom. The molecule has 2 rings (SSSR count). The number of ether oxygens (including phenoxy) is 2. The lowest BCUT2D eigenvalue weighted by Crippen LogP contribution is -2.36. The van der Waals surface area contributed by atoms with Gasteiger partial charge in [-0.05, 0) is 45.7 Å². The first-order valence-corrected chi connectivity index (χ1v) is 11.5. The summed E-state index contributed by atoms with van der Waals surface area (Å²) in [5, 5.41) is 2.74. The van der Waals surface area contributed by atoms with Crippen molar-refractivity contribution < 1.29 is 28.7 Å². The number of carbonyl (C=O) groups excluding carboxylic acids is 4. The number of rotatable bonds is 8. The van der Waals surface area contributed by atoms with Crippen molar-refractivity contribution >= 4 is 24.3 Å². The largest absolute Gasteiger partial charge is 0.466 e. The van der Waals surface area contributed by atoms with Crippen LogP contribution in [-0.2, 0) is 14.3 Å². The molecule has 0 spiro atoms. The molecule has 2 aromatic carbocycles. The van der Waals surface area contributed by atoms with Crippen molar-refractivity contribution in [2.75, 3.05) is 20.2 Å². The van der Waals surface area contributed by atoms with Crippen LogP contribution in [0.3, 0.4) is 0 Å². The van der Waals surface area contributed by atoms with Gasteiger partial charge in [0.15, 0.2) is 6.29 Å². The molecule has 0 bridgehead atoms. The summed E-state index contributed by atoms with van der Waals surface area (Å²) in [5.74, 6) is -0.462. The van der Waals surface area contributed by atoms with Crippen LogP contribution >= 0.6 is 0 Å². The number of hydrogen-bond acceptors (Lipinski definition) is 6. The van der Waals surface area contributed by atoms with Crippen molar-refractivity contribution in [3.05, 3.63) is 71.3 Å². The highest BCUT2D eigenvalue weighted by Gasteiger charge is 2.24. The Balaban J connectivity index is 0.000000905. The molecule has 1 N–H and O–H groups in total. The van der Waals surface area contributed by atoms with Crippen LogP contribution in [0.4, 0.5) is 4.79 Å². The number of benzene rings is 2. The van der Waals surface area contributed by atoms with E-state index >= 15 is 0 Å². The maximum absolute atomic E-state index is 13.1. The number of hydrogen-bond donors (Lipinski definition) is 1. The van der Waals surface area contributed by atoms with Gasteiger partial charge < -0.3 is 19.7 Å². The maximum Gasteiger partial charge on any atom is 0.407 e. The molecule has 8 heteroatoms. The second-order valence-corrected chi connectivity index (χ2v) is 8.69. The molecule has 0 aromatic heterocycles. The van der Waals surface area contributed by atoms with Crippen molar-refractivity contribution in [3.63, 3.8) is 0 Å². The normalized spacial score (nSPS) is 11.3. The van der Waals surface area contributed by atoms with E-state index in [1.54, 1.807) is 63.9 Å².